The fourth-order valence-corrected chi connectivity index (χ4v) is 6.56. The minimum absolute atomic E-state index is 0.176. The van der Waals surface area contributed by atoms with E-state index >= 15 is 0 Å². The Kier molecular flexibility index (Phi) is 10.5. The van der Waals surface area contributed by atoms with Gasteiger partial charge in [-0.15, -0.1) is 0 Å². The third-order valence-electron chi connectivity index (χ3n) is 8.90. The lowest BCUT2D eigenvalue weighted by molar-refractivity contribution is 0.390. The maximum atomic E-state index is 11.6. The third-order valence-corrected chi connectivity index (χ3v) is 8.90. The summed E-state index contributed by atoms with van der Waals surface area (Å²) in [7, 11) is 0. The molecule has 1 aliphatic carbocycles. The van der Waals surface area contributed by atoms with Gasteiger partial charge in [0.1, 0.15) is 28.8 Å². The first kappa shape index (κ1) is 34.5. The highest BCUT2D eigenvalue weighted by Gasteiger charge is 2.24. The van der Waals surface area contributed by atoms with E-state index in [4.69, 9.17) is 0 Å². The Morgan fingerprint density at radius 1 is 0.804 bits per heavy atom. The Balaban J connectivity index is 1.62. The Hall–Kier alpha value is -4.38. The molecule has 1 aliphatic rings. The number of phenols is 3. The van der Waals surface area contributed by atoms with Crippen LogP contribution >= 0.6 is 0 Å². The Morgan fingerprint density at radius 2 is 1.43 bits per heavy atom. The van der Waals surface area contributed by atoms with E-state index < -0.39 is 0 Å². The summed E-state index contributed by atoms with van der Waals surface area (Å²) < 4.78 is 0. The number of allylic oxidation sites excluding steroid dienone is 6. The molecule has 0 radical (unpaired) electrons. The monoisotopic (exact) mass is 622 g/mol. The van der Waals surface area contributed by atoms with Crippen molar-refractivity contribution in [3.8, 4) is 17.2 Å². The van der Waals surface area contributed by atoms with Crippen molar-refractivity contribution in [2.75, 3.05) is 0 Å². The standard InChI is InChI=1S/C41H50O5/c1-24(2)38(44)35(19-30-10-12-37(43)27(5)16-30)23-41(7,8)22-34-14-25(3)13-32(40(34)46)20-31-17-28(6)39(45)33(21-31)18-29-9-11-36(42)26(4)15-29/h9-15,17,21,23,30,42-46H,16,18-20,22H2,1-8H3/b35-23-. The SMILES string of the molecule is CC(C)=C(O)/C(=C\C(C)(C)Cc1cc(C)cc(Cc2cc(C)c(O)c(Cc3ccc(O)c(C)c3)c2)c1O)CC1C=CC(O)=C(C)C1. The molecule has 0 fully saturated rings. The molecule has 4 rings (SSSR count). The van der Waals surface area contributed by atoms with Gasteiger partial charge in [0.05, 0.1) is 0 Å². The van der Waals surface area contributed by atoms with Crippen molar-refractivity contribution in [3.63, 3.8) is 0 Å². The summed E-state index contributed by atoms with van der Waals surface area (Å²) in [6.45, 7) is 15.8. The Labute approximate surface area is 274 Å². The third kappa shape index (κ3) is 8.45. The molecule has 46 heavy (non-hydrogen) atoms. The quantitative estimate of drug-likeness (QED) is 0.114. The van der Waals surface area contributed by atoms with Gasteiger partial charge in [0, 0.05) is 12.8 Å². The van der Waals surface area contributed by atoms with Crippen LogP contribution in [0.4, 0.5) is 0 Å². The van der Waals surface area contributed by atoms with Crippen molar-refractivity contribution in [2.24, 2.45) is 11.3 Å². The predicted octanol–water partition coefficient (Wildman–Crippen LogP) is 10.1. The first-order valence-electron chi connectivity index (χ1n) is 16.1. The number of aryl methyl sites for hydroxylation is 3. The molecule has 3 aromatic carbocycles. The van der Waals surface area contributed by atoms with Gasteiger partial charge in [-0.2, -0.15) is 0 Å². The van der Waals surface area contributed by atoms with Crippen LogP contribution in [0.3, 0.4) is 0 Å². The average Bonchev–Trinajstić information content (AvgIpc) is 2.96. The van der Waals surface area contributed by atoms with Gasteiger partial charge in [0.15, 0.2) is 0 Å². The average molecular weight is 623 g/mol. The number of aromatic hydroxyl groups is 3. The van der Waals surface area contributed by atoms with Crippen LogP contribution in [0.5, 0.6) is 17.2 Å². The lowest BCUT2D eigenvalue weighted by atomic mass is 9.79. The first-order valence-corrected chi connectivity index (χ1v) is 16.1. The molecule has 5 heteroatoms. The maximum absolute atomic E-state index is 11.6. The van der Waals surface area contributed by atoms with Crippen molar-refractivity contribution >= 4 is 0 Å². The molecule has 0 aromatic heterocycles. The smallest absolute Gasteiger partial charge is 0.122 e. The molecule has 0 bridgehead atoms. The zero-order valence-electron chi connectivity index (χ0n) is 28.6. The van der Waals surface area contributed by atoms with E-state index in [9.17, 15) is 25.5 Å². The number of aliphatic hydroxyl groups excluding tert-OH is 2. The van der Waals surface area contributed by atoms with E-state index in [-0.39, 0.29) is 28.6 Å². The molecule has 5 N–H and O–H groups in total. The second kappa shape index (κ2) is 13.9. The van der Waals surface area contributed by atoms with Crippen LogP contribution < -0.4 is 0 Å². The van der Waals surface area contributed by atoms with Gasteiger partial charge in [-0.3, -0.25) is 0 Å². The number of hydrogen-bond donors (Lipinski definition) is 5. The largest absolute Gasteiger partial charge is 0.508 e. The fraction of sp³-hybridized carbons (Fsp3) is 0.366. The normalized spacial score (nSPS) is 15.4. The van der Waals surface area contributed by atoms with Gasteiger partial charge in [0.25, 0.3) is 0 Å². The molecule has 0 saturated carbocycles. The lowest BCUT2D eigenvalue weighted by Gasteiger charge is -2.26. The van der Waals surface area contributed by atoms with Crippen LogP contribution in [0, 0.1) is 32.1 Å². The van der Waals surface area contributed by atoms with Gasteiger partial charge < -0.3 is 25.5 Å². The van der Waals surface area contributed by atoms with Crippen LogP contribution in [-0.2, 0) is 19.3 Å². The predicted molar refractivity (Wildman–Crippen MR) is 188 cm³/mol. The summed E-state index contributed by atoms with van der Waals surface area (Å²) in [6.07, 6.45) is 8.92. The minimum Gasteiger partial charge on any atom is -0.508 e. The molecule has 0 aliphatic heterocycles. The molecule has 1 atom stereocenters. The van der Waals surface area contributed by atoms with Crippen LogP contribution in [0.25, 0.3) is 0 Å². The molecule has 244 valence electrons. The summed E-state index contributed by atoms with van der Waals surface area (Å²) in [5.74, 6) is 1.59. The van der Waals surface area contributed by atoms with E-state index in [0.717, 1.165) is 67.6 Å². The van der Waals surface area contributed by atoms with E-state index in [2.05, 4.69) is 19.9 Å². The van der Waals surface area contributed by atoms with E-state index in [0.29, 0.717) is 37.2 Å². The Bertz CT molecular complexity index is 1740. The van der Waals surface area contributed by atoms with Crippen molar-refractivity contribution in [1.82, 2.24) is 0 Å². The van der Waals surface area contributed by atoms with Gasteiger partial charge in [0.2, 0.25) is 0 Å². The molecule has 0 heterocycles. The molecule has 0 amide bonds. The molecule has 5 nitrogen and oxygen atoms in total. The van der Waals surface area contributed by atoms with Gasteiger partial charge >= 0.3 is 0 Å². The topological polar surface area (TPSA) is 101 Å². The van der Waals surface area contributed by atoms with Gasteiger partial charge in [-0.25, -0.2) is 0 Å². The van der Waals surface area contributed by atoms with Crippen LogP contribution in [-0.4, -0.2) is 25.5 Å². The zero-order valence-corrected chi connectivity index (χ0v) is 28.6. The van der Waals surface area contributed by atoms with E-state index in [1.165, 1.54) is 0 Å². The van der Waals surface area contributed by atoms with Crippen molar-refractivity contribution < 1.29 is 25.5 Å². The summed E-state index contributed by atoms with van der Waals surface area (Å²) in [5, 5.41) is 53.5. The molecule has 0 spiro atoms. The molecular formula is C41H50O5. The first-order chi connectivity index (χ1) is 21.5. The van der Waals surface area contributed by atoms with Crippen molar-refractivity contribution in [2.45, 2.75) is 87.5 Å². The summed E-state index contributed by atoms with van der Waals surface area (Å²) in [5.41, 5.74) is 9.40. The number of rotatable bonds is 10. The van der Waals surface area contributed by atoms with Crippen molar-refractivity contribution in [1.29, 1.82) is 0 Å². The summed E-state index contributed by atoms with van der Waals surface area (Å²) >= 11 is 0. The number of phenolic OH excluding ortho intramolecular Hbond substituents is 3. The number of hydrogen-bond acceptors (Lipinski definition) is 5. The molecule has 3 aromatic rings. The zero-order chi connectivity index (χ0) is 33.9. The van der Waals surface area contributed by atoms with Crippen LogP contribution in [0.2, 0.25) is 0 Å². The summed E-state index contributed by atoms with van der Waals surface area (Å²) in [6, 6.07) is 13.5. The summed E-state index contributed by atoms with van der Waals surface area (Å²) in [4.78, 5) is 0. The fourth-order valence-electron chi connectivity index (χ4n) is 6.56. The van der Waals surface area contributed by atoms with E-state index in [1.807, 2.05) is 84.0 Å². The maximum Gasteiger partial charge on any atom is 0.122 e. The van der Waals surface area contributed by atoms with Gasteiger partial charge in [-0.05, 0) is 140 Å². The Morgan fingerprint density at radius 3 is 2.09 bits per heavy atom. The molecule has 0 saturated heterocycles. The van der Waals surface area contributed by atoms with Crippen LogP contribution in [0.15, 0.2) is 88.9 Å². The minimum atomic E-state index is -0.378. The second-order valence-electron chi connectivity index (χ2n) is 14.2. The van der Waals surface area contributed by atoms with Crippen molar-refractivity contribution in [3.05, 3.63) is 133 Å². The number of benzene rings is 3. The highest BCUT2D eigenvalue weighted by Crippen LogP contribution is 2.38. The lowest BCUT2D eigenvalue weighted by Crippen LogP contribution is -2.15. The second-order valence-corrected chi connectivity index (χ2v) is 14.2. The highest BCUT2D eigenvalue weighted by atomic mass is 16.3. The highest BCUT2D eigenvalue weighted by molar-refractivity contribution is 5.51. The van der Waals surface area contributed by atoms with E-state index in [1.54, 1.807) is 12.1 Å². The molecule has 1 unspecified atom stereocenters. The molecular weight excluding hydrogens is 572 g/mol. The number of aliphatic hydroxyl groups is 2. The van der Waals surface area contributed by atoms with Crippen LogP contribution in [0.1, 0.15) is 92.0 Å². The van der Waals surface area contributed by atoms with Gasteiger partial charge in [-0.1, -0.05) is 68.0 Å².